The zero-order valence-corrected chi connectivity index (χ0v) is 11.0. The molecule has 0 amide bonds. The number of aromatic nitrogens is 4. The predicted molar refractivity (Wildman–Crippen MR) is 71.4 cm³/mol. The summed E-state index contributed by atoms with van der Waals surface area (Å²) in [6.45, 7) is 2.99. The molecular weight excluding hydrogens is 248 g/mol. The summed E-state index contributed by atoms with van der Waals surface area (Å²) in [5, 5.41) is 0. The highest BCUT2D eigenvalue weighted by atomic mass is 32.2. The fraction of sp³-hybridized carbons (Fsp3) is 0.417. The van der Waals surface area contributed by atoms with Gasteiger partial charge in [0.1, 0.15) is 5.69 Å². The van der Waals surface area contributed by atoms with Gasteiger partial charge in [-0.15, -0.1) is 0 Å². The molecule has 1 N–H and O–H groups in total. The number of nitrogens with zero attached hydrogens (tertiary/aromatic N) is 3. The second-order valence-electron chi connectivity index (χ2n) is 4.30. The lowest BCUT2D eigenvalue weighted by Gasteiger charge is -2.07. The maximum Gasteiger partial charge on any atom is 0.255 e. The largest absolute Gasteiger partial charge is 0.328 e. The van der Waals surface area contributed by atoms with E-state index in [9.17, 15) is 4.79 Å². The van der Waals surface area contributed by atoms with Gasteiger partial charge in [0.2, 0.25) is 0 Å². The molecule has 0 bridgehead atoms. The number of H-pyrrole nitrogens is 1. The van der Waals surface area contributed by atoms with E-state index in [1.165, 1.54) is 0 Å². The summed E-state index contributed by atoms with van der Waals surface area (Å²) in [5.74, 6) is 2.23. The molecule has 0 saturated heterocycles. The van der Waals surface area contributed by atoms with Crippen LogP contribution in [-0.2, 0) is 18.1 Å². The molecule has 0 saturated carbocycles. The third-order valence-corrected chi connectivity index (χ3v) is 3.98. The van der Waals surface area contributed by atoms with Gasteiger partial charge in [-0.3, -0.25) is 4.79 Å². The topological polar surface area (TPSA) is 63.6 Å². The van der Waals surface area contributed by atoms with Crippen LogP contribution in [0.4, 0.5) is 0 Å². The summed E-state index contributed by atoms with van der Waals surface area (Å²) >= 11 is 1.73. The van der Waals surface area contributed by atoms with Crippen LogP contribution in [0.5, 0.6) is 0 Å². The zero-order chi connectivity index (χ0) is 12.5. The first-order valence-electron chi connectivity index (χ1n) is 6.00. The number of aryl methyl sites for hydroxylation is 1. The van der Waals surface area contributed by atoms with Crippen LogP contribution < -0.4 is 5.56 Å². The minimum atomic E-state index is -0.00996. The van der Waals surface area contributed by atoms with Gasteiger partial charge in [-0.25, -0.2) is 9.97 Å². The van der Waals surface area contributed by atoms with E-state index in [1.54, 1.807) is 24.3 Å². The lowest BCUT2D eigenvalue weighted by molar-refractivity contribution is 0.680. The molecule has 0 aliphatic carbocycles. The van der Waals surface area contributed by atoms with Gasteiger partial charge >= 0.3 is 0 Å². The molecule has 2 aromatic rings. The van der Waals surface area contributed by atoms with Crippen LogP contribution in [0.15, 0.2) is 17.3 Å². The first-order valence-corrected chi connectivity index (χ1v) is 7.15. The molecule has 1 aliphatic heterocycles. The Morgan fingerprint density at radius 1 is 1.50 bits per heavy atom. The molecule has 0 fully saturated rings. The van der Waals surface area contributed by atoms with Crippen molar-refractivity contribution >= 4 is 11.8 Å². The molecule has 94 valence electrons. The Labute approximate surface area is 109 Å². The Hall–Kier alpha value is -1.56. The number of imidazole rings is 1. The van der Waals surface area contributed by atoms with Crippen molar-refractivity contribution in [1.29, 1.82) is 0 Å². The number of fused-ring (bicyclic) bond motifs is 1. The monoisotopic (exact) mass is 262 g/mol. The average molecular weight is 262 g/mol. The normalized spacial score (nSPS) is 13.8. The van der Waals surface area contributed by atoms with E-state index < -0.39 is 0 Å². The van der Waals surface area contributed by atoms with Crippen LogP contribution in [0.2, 0.25) is 0 Å². The average Bonchev–Trinajstić information content (AvgIpc) is 2.97. The number of hydrogen-bond donors (Lipinski definition) is 1. The highest BCUT2D eigenvalue weighted by molar-refractivity contribution is 7.98. The van der Waals surface area contributed by atoms with Crippen molar-refractivity contribution < 1.29 is 0 Å². The third kappa shape index (κ3) is 1.86. The van der Waals surface area contributed by atoms with E-state index in [-0.39, 0.29) is 5.56 Å². The van der Waals surface area contributed by atoms with Gasteiger partial charge in [0.25, 0.3) is 5.56 Å². The van der Waals surface area contributed by atoms with Crippen LogP contribution in [0, 0.1) is 0 Å². The summed E-state index contributed by atoms with van der Waals surface area (Å²) in [4.78, 5) is 23.5. The lowest BCUT2D eigenvalue weighted by Crippen LogP contribution is -2.16. The van der Waals surface area contributed by atoms with Crippen molar-refractivity contribution in [3.05, 3.63) is 34.1 Å². The van der Waals surface area contributed by atoms with Gasteiger partial charge in [0.05, 0.1) is 18.2 Å². The molecule has 6 heteroatoms. The number of hydrogen-bond acceptors (Lipinski definition) is 4. The summed E-state index contributed by atoms with van der Waals surface area (Å²) in [7, 11) is 0. The molecule has 18 heavy (non-hydrogen) atoms. The fourth-order valence-electron chi connectivity index (χ4n) is 2.12. The van der Waals surface area contributed by atoms with Gasteiger partial charge in [-0.1, -0.05) is 6.92 Å². The van der Waals surface area contributed by atoms with Crippen LogP contribution in [-0.4, -0.2) is 19.5 Å². The minimum absolute atomic E-state index is 0.00996. The highest BCUT2D eigenvalue weighted by Gasteiger charge is 2.19. The first kappa shape index (κ1) is 11.5. The molecule has 0 radical (unpaired) electrons. The molecular formula is C12H14N4OS. The van der Waals surface area contributed by atoms with E-state index >= 15 is 0 Å². The van der Waals surface area contributed by atoms with E-state index in [2.05, 4.69) is 21.9 Å². The van der Waals surface area contributed by atoms with E-state index in [0.29, 0.717) is 5.82 Å². The smallest absolute Gasteiger partial charge is 0.255 e. The van der Waals surface area contributed by atoms with Gasteiger partial charge < -0.3 is 9.55 Å². The molecule has 3 heterocycles. The second-order valence-corrected chi connectivity index (χ2v) is 5.29. The van der Waals surface area contributed by atoms with Crippen LogP contribution >= 0.6 is 11.8 Å². The van der Waals surface area contributed by atoms with Crippen molar-refractivity contribution in [3.63, 3.8) is 0 Å². The standard InChI is InChI=1S/C12H14N4OS/c1-2-3-16-7-13-4-10(16)11-14-9-6-18-5-8(9)12(17)15-11/h4,7H,2-3,5-6H2,1H3,(H,14,15,17). The van der Waals surface area contributed by atoms with Crippen molar-refractivity contribution in [2.45, 2.75) is 31.4 Å². The van der Waals surface area contributed by atoms with E-state index in [1.807, 2.05) is 4.57 Å². The maximum atomic E-state index is 12.0. The number of aromatic amines is 1. The molecule has 0 atom stereocenters. The zero-order valence-electron chi connectivity index (χ0n) is 10.1. The Morgan fingerprint density at radius 3 is 3.22 bits per heavy atom. The van der Waals surface area contributed by atoms with Crippen molar-refractivity contribution in [1.82, 2.24) is 19.5 Å². The Kier molecular flexibility index (Phi) is 2.95. The first-order chi connectivity index (χ1) is 8.79. The second kappa shape index (κ2) is 4.61. The number of nitrogens with one attached hydrogen (secondary N) is 1. The number of rotatable bonds is 3. The fourth-order valence-corrected chi connectivity index (χ4v) is 3.16. The van der Waals surface area contributed by atoms with Gasteiger partial charge in [0, 0.05) is 23.6 Å². The van der Waals surface area contributed by atoms with Crippen molar-refractivity contribution in [3.8, 4) is 11.5 Å². The van der Waals surface area contributed by atoms with E-state index in [4.69, 9.17) is 0 Å². The van der Waals surface area contributed by atoms with E-state index in [0.717, 1.165) is 41.4 Å². The van der Waals surface area contributed by atoms with Gasteiger partial charge in [-0.2, -0.15) is 11.8 Å². The quantitative estimate of drug-likeness (QED) is 0.916. The van der Waals surface area contributed by atoms with Gasteiger partial charge in [-0.05, 0) is 6.42 Å². The number of thioether (sulfide) groups is 1. The molecule has 2 aromatic heterocycles. The SMILES string of the molecule is CCCn1cncc1-c1nc2c(c(=O)[nH]1)CSC2. The molecule has 0 unspecified atom stereocenters. The predicted octanol–water partition coefficient (Wildman–Crippen LogP) is 1.79. The maximum absolute atomic E-state index is 12.0. The minimum Gasteiger partial charge on any atom is -0.328 e. The Balaban J connectivity index is 2.09. The van der Waals surface area contributed by atoms with Crippen molar-refractivity contribution in [2.24, 2.45) is 0 Å². The summed E-state index contributed by atoms with van der Waals surface area (Å²) in [6.07, 6.45) is 4.55. The lowest BCUT2D eigenvalue weighted by atomic mass is 10.2. The summed E-state index contributed by atoms with van der Waals surface area (Å²) in [5.41, 5.74) is 2.62. The molecule has 1 aliphatic rings. The molecule has 3 rings (SSSR count). The van der Waals surface area contributed by atoms with Gasteiger partial charge in [0.15, 0.2) is 5.82 Å². The van der Waals surface area contributed by atoms with Crippen LogP contribution in [0.1, 0.15) is 24.6 Å². The molecule has 5 nitrogen and oxygen atoms in total. The Morgan fingerprint density at radius 2 is 2.39 bits per heavy atom. The molecule has 0 aromatic carbocycles. The summed E-state index contributed by atoms with van der Waals surface area (Å²) < 4.78 is 2.02. The van der Waals surface area contributed by atoms with Crippen molar-refractivity contribution in [2.75, 3.05) is 0 Å². The van der Waals surface area contributed by atoms with Crippen LogP contribution in [0.25, 0.3) is 11.5 Å². The molecule has 0 spiro atoms. The Bertz CT molecular complexity index is 631. The highest BCUT2D eigenvalue weighted by Crippen LogP contribution is 2.26. The van der Waals surface area contributed by atoms with Crippen LogP contribution in [0.3, 0.4) is 0 Å². The third-order valence-electron chi connectivity index (χ3n) is 3.01. The summed E-state index contributed by atoms with van der Waals surface area (Å²) in [6, 6.07) is 0.